The minimum absolute atomic E-state index is 0.0266. The SMILES string of the molecule is COc1ccc(NC(C)=O)cc1NCC(=O)Nc1cc2oc3ccccc3c2cc1OC. The minimum atomic E-state index is -0.286. The summed E-state index contributed by atoms with van der Waals surface area (Å²) in [7, 11) is 3.09. The monoisotopic (exact) mass is 433 g/mol. The van der Waals surface area contributed by atoms with Crippen LogP contribution in [0.2, 0.25) is 0 Å². The van der Waals surface area contributed by atoms with Crippen molar-refractivity contribution in [2.24, 2.45) is 0 Å². The maximum atomic E-state index is 12.7. The van der Waals surface area contributed by atoms with Crippen molar-refractivity contribution >= 4 is 50.8 Å². The molecular weight excluding hydrogens is 410 g/mol. The molecule has 4 rings (SSSR count). The Balaban J connectivity index is 1.53. The minimum Gasteiger partial charge on any atom is -0.495 e. The third-order valence-electron chi connectivity index (χ3n) is 4.93. The van der Waals surface area contributed by atoms with Gasteiger partial charge in [-0.25, -0.2) is 0 Å². The maximum Gasteiger partial charge on any atom is 0.243 e. The molecule has 164 valence electrons. The molecule has 3 N–H and O–H groups in total. The van der Waals surface area contributed by atoms with Gasteiger partial charge in [0, 0.05) is 29.4 Å². The van der Waals surface area contributed by atoms with Gasteiger partial charge in [-0.1, -0.05) is 18.2 Å². The summed E-state index contributed by atoms with van der Waals surface area (Å²) >= 11 is 0. The first-order valence-corrected chi connectivity index (χ1v) is 9.97. The van der Waals surface area contributed by atoms with Crippen molar-refractivity contribution < 1.29 is 23.5 Å². The van der Waals surface area contributed by atoms with E-state index in [4.69, 9.17) is 13.9 Å². The molecule has 0 unspecified atom stereocenters. The molecule has 8 nitrogen and oxygen atoms in total. The van der Waals surface area contributed by atoms with Crippen molar-refractivity contribution in [3.05, 3.63) is 54.6 Å². The lowest BCUT2D eigenvalue weighted by Gasteiger charge is -2.14. The molecule has 1 heterocycles. The van der Waals surface area contributed by atoms with Crippen LogP contribution in [0, 0.1) is 0 Å². The van der Waals surface area contributed by atoms with Gasteiger partial charge in [-0.2, -0.15) is 0 Å². The first-order valence-electron chi connectivity index (χ1n) is 9.97. The number of anilines is 3. The van der Waals surface area contributed by atoms with Gasteiger partial charge in [-0.15, -0.1) is 0 Å². The number of para-hydroxylation sites is 1. The van der Waals surface area contributed by atoms with E-state index >= 15 is 0 Å². The van der Waals surface area contributed by atoms with E-state index in [9.17, 15) is 9.59 Å². The first-order chi connectivity index (χ1) is 15.5. The van der Waals surface area contributed by atoms with Crippen LogP contribution in [0.5, 0.6) is 11.5 Å². The van der Waals surface area contributed by atoms with Gasteiger partial charge in [-0.05, 0) is 30.3 Å². The Morgan fingerprint density at radius 1 is 0.844 bits per heavy atom. The summed E-state index contributed by atoms with van der Waals surface area (Å²) < 4.78 is 16.7. The zero-order valence-electron chi connectivity index (χ0n) is 17.9. The maximum absolute atomic E-state index is 12.7. The molecule has 0 bridgehead atoms. The summed E-state index contributed by atoms with van der Waals surface area (Å²) in [5.41, 5.74) is 3.09. The fourth-order valence-electron chi connectivity index (χ4n) is 3.52. The second kappa shape index (κ2) is 8.89. The largest absolute Gasteiger partial charge is 0.495 e. The lowest BCUT2D eigenvalue weighted by molar-refractivity contribution is -0.115. The summed E-state index contributed by atoms with van der Waals surface area (Å²) in [6, 6.07) is 16.5. The summed E-state index contributed by atoms with van der Waals surface area (Å²) in [5, 5.41) is 10.5. The summed E-state index contributed by atoms with van der Waals surface area (Å²) in [6.45, 7) is 1.40. The lowest BCUT2D eigenvalue weighted by Crippen LogP contribution is -2.22. The van der Waals surface area contributed by atoms with E-state index in [0.29, 0.717) is 34.1 Å². The number of ether oxygens (including phenoxy) is 2. The Labute approximate surface area is 184 Å². The van der Waals surface area contributed by atoms with Gasteiger partial charge >= 0.3 is 0 Å². The Morgan fingerprint density at radius 2 is 1.62 bits per heavy atom. The van der Waals surface area contributed by atoms with E-state index in [-0.39, 0.29) is 18.4 Å². The Kier molecular flexibility index (Phi) is 5.85. The van der Waals surface area contributed by atoms with Crippen LogP contribution in [-0.2, 0) is 9.59 Å². The van der Waals surface area contributed by atoms with Crippen LogP contribution in [0.3, 0.4) is 0 Å². The molecule has 2 amide bonds. The molecule has 0 aliphatic rings. The average molecular weight is 433 g/mol. The van der Waals surface area contributed by atoms with Gasteiger partial charge in [0.15, 0.2) is 0 Å². The number of fused-ring (bicyclic) bond motifs is 3. The third-order valence-corrected chi connectivity index (χ3v) is 4.93. The second-order valence-corrected chi connectivity index (χ2v) is 7.14. The highest BCUT2D eigenvalue weighted by Gasteiger charge is 2.15. The zero-order valence-corrected chi connectivity index (χ0v) is 17.9. The molecule has 4 aromatic rings. The fraction of sp³-hybridized carbons (Fsp3) is 0.167. The summed E-state index contributed by atoms with van der Waals surface area (Å²) in [5.74, 6) is 0.605. The highest BCUT2D eigenvalue weighted by molar-refractivity contribution is 6.08. The van der Waals surface area contributed by atoms with E-state index < -0.39 is 0 Å². The Bertz CT molecular complexity index is 1310. The number of hydrogen-bond donors (Lipinski definition) is 3. The van der Waals surface area contributed by atoms with E-state index in [1.165, 1.54) is 14.0 Å². The highest BCUT2D eigenvalue weighted by Crippen LogP contribution is 2.36. The van der Waals surface area contributed by atoms with Crippen LogP contribution < -0.4 is 25.4 Å². The molecule has 1 aromatic heterocycles. The molecular formula is C24H23N3O5. The molecule has 0 aliphatic heterocycles. The van der Waals surface area contributed by atoms with Crippen LogP contribution in [0.25, 0.3) is 21.9 Å². The molecule has 0 saturated carbocycles. The number of furan rings is 1. The van der Waals surface area contributed by atoms with Gasteiger partial charge in [0.2, 0.25) is 11.8 Å². The van der Waals surface area contributed by atoms with Gasteiger partial charge in [-0.3, -0.25) is 9.59 Å². The number of methoxy groups -OCH3 is 2. The number of carbonyl (C=O) groups is 2. The van der Waals surface area contributed by atoms with Gasteiger partial charge < -0.3 is 29.8 Å². The van der Waals surface area contributed by atoms with Gasteiger partial charge in [0.25, 0.3) is 0 Å². The van der Waals surface area contributed by atoms with E-state index in [0.717, 1.165) is 16.4 Å². The number of rotatable bonds is 7. The zero-order chi connectivity index (χ0) is 22.7. The van der Waals surface area contributed by atoms with Crippen LogP contribution in [-0.4, -0.2) is 32.6 Å². The average Bonchev–Trinajstić information content (AvgIpc) is 3.14. The summed E-state index contributed by atoms with van der Waals surface area (Å²) in [4.78, 5) is 24.0. The van der Waals surface area contributed by atoms with Crippen molar-refractivity contribution in [1.29, 1.82) is 0 Å². The predicted octanol–water partition coefficient (Wildman–Crippen LogP) is 4.61. The third kappa shape index (κ3) is 4.29. The number of benzene rings is 3. The van der Waals surface area contributed by atoms with E-state index in [1.807, 2.05) is 30.3 Å². The molecule has 0 atom stereocenters. The van der Waals surface area contributed by atoms with Crippen LogP contribution >= 0.6 is 0 Å². The predicted molar refractivity (Wildman–Crippen MR) is 125 cm³/mol. The van der Waals surface area contributed by atoms with Crippen molar-refractivity contribution in [3.8, 4) is 11.5 Å². The Hall–Kier alpha value is -4.20. The standard InChI is InChI=1S/C24H23N3O5/c1-14(28)26-15-8-9-21(30-2)18(10-15)25-13-24(29)27-19-12-22-17(11-23(19)31-3)16-6-4-5-7-20(16)32-22/h4-12,25H,13H2,1-3H3,(H,26,28)(H,27,29). The number of amides is 2. The fourth-order valence-corrected chi connectivity index (χ4v) is 3.52. The van der Waals surface area contributed by atoms with E-state index in [2.05, 4.69) is 16.0 Å². The molecule has 8 heteroatoms. The topological polar surface area (TPSA) is 102 Å². The molecule has 0 fully saturated rings. The molecule has 3 aromatic carbocycles. The lowest BCUT2D eigenvalue weighted by atomic mass is 10.1. The molecule has 0 saturated heterocycles. The second-order valence-electron chi connectivity index (χ2n) is 7.14. The smallest absolute Gasteiger partial charge is 0.243 e. The molecule has 32 heavy (non-hydrogen) atoms. The van der Waals surface area contributed by atoms with Crippen molar-refractivity contribution in [3.63, 3.8) is 0 Å². The van der Waals surface area contributed by atoms with Crippen LogP contribution in [0.15, 0.2) is 59.0 Å². The van der Waals surface area contributed by atoms with Crippen molar-refractivity contribution in [1.82, 2.24) is 0 Å². The van der Waals surface area contributed by atoms with Crippen molar-refractivity contribution in [2.75, 3.05) is 36.7 Å². The first kappa shape index (κ1) is 21.0. The number of hydrogen-bond acceptors (Lipinski definition) is 6. The molecule has 0 aliphatic carbocycles. The van der Waals surface area contributed by atoms with Crippen LogP contribution in [0.1, 0.15) is 6.92 Å². The quantitative estimate of drug-likeness (QED) is 0.393. The molecule has 0 spiro atoms. The van der Waals surface area contributed by atoms with Gasteiger partial charge in [0.1, 0.15) is 22.7 Å². The normalized spacial score (nSPS) is 10.7. The van der Waals surface area contributed by atoms with Crippen LogP contribution in [0.4, 0.5) is 17.1 Å². The number of nitrogens with one attached hydrogen (secondary N) is 3. The highest BCUT2D eigenvalue weighted by atomic mass is 16.5. The van der Waals surface area contributed by atoms with E-state index in [1.54, 1.807) is 31.4 Å². The summed E-state index contributed by atoms with van der Waals surface area (Å²) in [6.07, 6.45) is 0. The number of carbonyl (C=O) groups excluding carboxylic acids is 2. The van der Waals surface area contributed by atoms with Gasteiger partial charge in [0.05, 0.1) is 32.1 Å². The Morgan fingerprint density at radius 3 is 2.38 bits per heavy atom. The van der Waals surface area contributed by atoms with Crippen molar-refractivity contribution in [2.45, 2.75) is 6.92 Å². The molecule has 0 radical (unpaired) electrons.